The third-order valence-electron chi connectivity index (χ3n) is 3.46. The van der Waals surface area contributed by atoms with E-state index in [1.165, 1.54) is 37.9 Å². The van der Waals surface area contributed by atoms with Gasteiger partial charge >= 0.3 is 0 Å². The molecule has 0 bridgehead atoms. The topological polar surface area (TPSA) is 3.24 Å². The first kappa shape index (κ1) is 14.5. The molecule has 2 heteroatoms. The van der Waals surface area contributed by atoms with Gasteiger partial charge in [0.2, 0.25) is 0 Å². The number of halogens is 1. The van der Waals surface area contributed by atoms with Crippen molar-refractivity contribution in [1.82, 2.24) is 4.90 Å². The van der Waals surface area contributed by atoms with Gasteiger partial charge in [-0.25, -0.2) is 0 Å². The molecular formula is C15H24ClN. The Hall–Kier alpha value is -0.530. The Balaban J connectivity index is 0.00000144. The molecule has 1 aromatic rings. The first-order valence-corrected chi connectivity index (χ1v) is 6.56. The van der Waals surface area contributed by atoms with Gasteiger partial charge in [-0.2, -0.15) is 0 Å². The fourth-order valence-corrected chi connectivity index (χ4v) is 2.67. The SMILES string of the molecule is CC(C)CC(c1ccccc1)N1CCCC1.Cl. The number of nitrogens with zero attached hydrogens (tertiary/aromatic N) is 1. The van der Waals surface area contributed by atoms with E-state index >= 15 is 0 Å². The summed E-state index contributed by atoms with van der Waals surface area (Å²) in [7, 11) is 0. The smallest absolute Gasteiger partial charge is 0.0350 e. The van der Waals surface area contributed by atoms with Crippen molar-refractivity contribution in [1.29, 1.82) is 0 Å². The number of likely N-dealkylation sites (tertiary alicyclic amines) is 1. The summed E-state index contributed by atoms with van der Waals surface area (Å²) < 4.78 is 0. The molecule has 2 rings (SSSR count). The quantitative estimate of drug-likeness (QED) is 0.774. The van der Waals surface area contributed by atoms with Gasteiger partial charge in [0.05, 0.1) is 0 Å². The van der Waals surface area contributed by atoms with Crippen LogP contribution in [-0.2, 0) is 0 Å². The van der Waals surface area contributed by atoms with E-state index in [0.29, 0.717) is 6.04 Å². The van der Waals surface area contributed by atoms with Gasteiger partial charge in [0.1, 0.15) is 0 Å². The summed E-state index contributed by atoms with van der Waals surface area (Å²) in [5.74, 6) is 0.769. The lowest BCUT2D eigenvalue weighted by Gasteiger charge is -2.29. The van der Waals surface area contributed by atoms with E-state index in [1.807, 2.05) is 0 Å². The summed E-state index contributed by atoms with van der Waals surface area (Å²) in [6.07, 6.45) is 4.03. The van der Waals surface area contributed by atoms with Gasteiger partial charge in [0.15, 0.2) is 0 Å². The molecule has 1 fully saturated rings. The number of benzene rings is 1. The molecule has 1 saturated heterocycles. The second-order valence-electron chi connectivity index (χ2n) is 5.30. The second kappa shape index (κ2) is 7.03. The van der Waals surface area contributed by atoms with Crippen LogP contribution in [0.25, 0.3) is 0 Å². The summed E-state index contributed by atoms with van der Waals surface area (Å²) in [5.41, 5.74) is 1.50. The number of rotatable bonds is 4. The van der Waals surface area contributed by atoms with Crippen molar-refractivity contribution in [3.8, 4) is 0 Å². The molecule has 0 aromatic heterocycles. The Kier molecular flexibility index (Phi) is 6.01. The predicted molar refractivity (Wildman–Crippen MR) is 76.7 cm³/mol. The summed E-state index contributed by atoms with van der Waals surface area (Å²) in [6.45, 7) is 7.22. The van der Waals surface area contributed by atoms with Crippen LogP contribution >= 0.6 is 12.4 Å². The van der Waals surface area contributed by atoms with Crippen LogP contribution in [0.5, 0.6) is 0 Å². The first-order chi connectivity index (χ1) is 7.77. The van der Waals surface area contributed by atoms with Crippen molar-refractivity contribution in [2.24, 2.45) is 5.92 Å². The van der Waals surface area contributed by atoms with E-state index in [2.05, 4.69) is 49.1 Å². The molecular weight excluding hydrogens is 230 g/mol. The fraction of sp³-hybridized carbons (Fsp3) is 0.600. The Bertz CT molecular complexity index is 304. The van der Waals surface area contributed by atoms with Gasteiger partial charge in [-0.1, -0.05) is 44.2 Å². The lowest BCUT2D eigenvalue weighted by molar-refractivity contribution is 0.215. The molecule has 1 aliphatic rings. The van der Waals surface area contributed by atoms with Gasteiger partial charge in [-0.05, 0) is 43.8 Å². The zero-order valence-corrected chi connectivity index (χ0v) is 11.7. The molecule has 1 unspecified atom stereocenters. The van der Waals surface area contributed by atoms with Gasteiger partial charge in [0, 0.05) is 6.04 Å². The Morgan fingerprint density at radius 1 is 1.06 bits per heavy atom. The van der Waals surface area contributed by atoms with E-state index in [9.17, 15) is 0 Å². The van der Waals surface area contributed by atoms with Crippen LogP contribution in [0.4, 0.5) is 0 Å². The first-order valence-electron chi connectivity index (χ1n) is 6.56. The van der Waals surface area contributed by atoms with Crippen LogP contribution in [0.15, 0.2) is 30.3 Å². The molecule has 0 aliphatic carbocycles. The highest BCUT2D eigenvalue weighted by Crippen LogP contribution is 2.30. The Morgan fingerprint density at radius 3 is 2.18 bits per heavy atom. The maximum Gasteiger partial charge on any atom is 0.0350 e. The van der Waals surface area contributed by atoms with Crippen LogP contribution < -0.4 is 0 Å². The van der Waals surface area contributed by atoms with Crippen molar-refractivity contribution in [3.63, 3.8) is 0 Å². The molecule has 1 nitrogen and oxygen atoms in total. The average Bonchev–Trinajstić information content (AvgIpc) is 2.80. The van der Waals surface area contributed by atoms with Crippen LogP contribution in [-0.4, -0.2) is 18.0 Å². The highest BCUT2D eigenvalue weighted by molar-refractivity contribution is 5.85. The Labute approximate surface area is 112 Å². The minimum absolute atomic E-state index is 0. The largest absolute Gasteiger partial charge is 0.296 e. The normalized spacial score (nSPS) is 18.1. The number of hydrogen-bond donors (Lipinski definition) is 0. The van der Waals surface area contributed by atoms with Crippen molar-refractivity contribution < 1.29 is 0 Å². The van der Waals surface area contributed by atoms with Crippen LogP contribution in [0.1, 0.15) is 44.7 Å². The fourth-order valence-electron chi connectivity index (χ4n) is 2.67. The van der Waals surface area contributed by atoms with Crippen molar-refractivity contribution in [2.75, 3.05) is 13.1 Å². The highest BCUT2D eigenvalue weighted by atomic mass is 35.5. The minimum atomic E-state index is 0. The van der Waals surface area contributed by atoms with E-state index < -0.39 is 0 Å². The van der Waals surface area contributed by atoms with E-state index in [4.69, 9.17) is 0 Å². The summed E-state index contributed by atoms with van der Waals surface area (Å²) in [5, 5.41) is 0. The van der Waals surface area contributed by atoms with Gasteiger partial charge in [0.25, 0.3) is 0 Å². The monoisotopic (exact) mass is 253 g/mol. The van der Waals surface area contributed by atoms with Crippen molar-refractivity contribution >= 4 is 12.4 Å². The van der Waals surface area contributed by atoms with E-state index in [-0.39, 0.29) is 12.4 Å². The van der Waals surface area contributed by atoms with Crippen LogP contribution in [0.2, 0.25) is 0 Å². The summed E-state index contributed by atoms with van der Waals surface area (Å²) >= 11 is 0. The molecule has 96 valence electrons. The standard InChI is InChI=1S/C15H23N.ClH/c1-13(2)12-15(16-10-6-7-11-16)14-8-4-3-5-9-14;/h3-5,8-9,13,15H,6-7,10-12H2,1-2H3;1H. The molecule has 1 atom stereocenters. The van der Waals surface area contributed by atoms with Gasteiger partial charge in [-0.15, -0.1) is 12.4 Å². The zero-order valence-electron chi connectivity index (χ0n) is 10.9. The molecule has 0 spiro atoms. The highest BCUT2D eigenvalue weighted by Gasteiger charge is 2.23. The van der Waals surface area contributed by atoms with Gasteiger partial charge in [-0.3, -0.25) is 4.90 Å². The second-order valence-corrected chi connectivity index (χ2v) is 5.30. The van der Waals surface area contributed by atoms with E-state index in [1.54, 1.807) is 0 Å². The lowest BCUT2D eigenvalue weighted by atomic mass is 9.96. The Morgan fingerprint density at radius 2 is 1.65 bits per heavy atom. The summed E-state index contributed by atoms with van der Waals surface area (Å²) in [6, 6.07) is 11.7. The number of hydrogen-bond acceptors (Lipinski definition) is 1. The molecule has 1 aliphatic heterocycles. The maximum absolute atomic E-state index is 2.66. The molecule has 1 aromatic carbocycles. The molecule has 0 radical (unpaired) electrons. The summed E-state index contributed by atoms with van der Waals surface area (Å²) in [4.78, 5) is 2.66. The maximum atomic E-state index is 2.66. The third kappa shape index (κ3) is 4.01. The van der Waals surface area contributed by atoms with Crippen LogP contribution in [0, 0.1) is 5.92 Å². The van der Waals surface area contributed by atoms with Gasteiger partial charge < -0.3 is 0 Å². The average molecular weight is 254 g/mol. The predicted octanol–water partition coefficient (Wildman–Crippen LogP) is 4.29. The zero-order chi connectivity index (χ0) is 11.4. The molecule has 17 heavy (non-hydrogen) atoms. The lowest BCUT2D eigenvalue weighted by Crippen LogP contribution is -2.26. The van der Waals surface area contributed by atoms with E-state index in [0.717, 1.165) is 5.92 Å². The van der Waals surface area contributed by atoms with Crippen molar-refractivity contribution in [3.05, 3.63) is 35.9 Å². The molecule has 0 N–H and O–H groups in total. The molecule has 0 saturated carbocycles. The minimum Gasteiger partial charge on any atom is -0.296 e. The molecule has 1 heterocycles. The van der Waals surface area contributed by atoms with Crippen molar-refractivity contribution in [2.45, 2.75) is 39.2 Å². The van der Waals surface area contributed by atoms with Crippen LogP contribution in [0.3, 0.4) is 0 Å². The molecule has 0 amide bonds. The third-order valence-corrected chi connectivity index (χ3v) is 3.46.